The van der Waals surface area contributed by atoms with E-state index in [1.54, 1.807) is 31.4 Å². The standard InChI is InChI=1S/C25H21FN4O3S/c1-16-11-12-22(32-2)20(15-16)29-23(31)17-7-3-5-9-19(17)30-24(29)27-28-25(30)34-14-13-33-21-10-6-4-8-18(21)26/h3-12,15H,13-14H2,1-2H3. The van der Waals surface area contributed by atoms with E-state index in [9.17, 15) is 9.18 Å². The molecular formula is C25H21FN4O3S. The molecule has 0 unspecified atom stereocenters. The van der Waals surface area contributed by atoms with E-state index >= 15 is 0 Å². The maximum Gasteiger partial charge on any atom is 0.267 e. The first kappa shape index (κ1) is 22.0. The normalized spacial score (nSPS) is 11.3. The first-order valence-corrected chi connectivity index (χ1v) is 11.6. The monoisotopic (exact) mass is 476 g/mol. The van der Waals surface area contributed by atoms with E-state index in [1.807, 2.05) is 47.7 Å². The Kier molecular flexibility index (Phi) is 5.93. The van der Waals surface area contributed by atoms with Crippen LogP contribution in [0, 0.1) is 12.7 Å². The fourth-order valence-corrected chi connectivity index (χ4v) is 4.57. The zero-order valence-electron chi connectivity index (χ0n) is 18.6. The van der Waals surface area contributed by atoms with Gasteiger partial charge >= 0.3 is 0 Å². The molecule has 0 saturated heterocycles. The van der Waals surface area contributed by atoms with Crippen molar-refractivity contribution in [1.82, 2.24) is 19.2 Å². The minimum absolute atomic E-state index is 0.208. The molecule has 2 aromatic heterocycles. The summed E-state index contributed by atoms with van der Waals surface area (Å²) in [5, 5.41) is 9.85. The van der Waals surface area contributed by atoms with Gasteiger partial charge in [-0.25, -0.2) is 8.96 Å². The average Bonchev–Trinajstić information content (AvgIpc) is 3.27. The molecule has 7 nitrogen and oxygen atoms in total. The highest BCUT2D eigenvalue weighted by Crippen LogP contribution is 2.28. The first-order valence-electron chi connectivity index (χ1n) is 10.6. The summed E-state index contributed by atoms with van der Waals surface area (Å²) in [7, 11) is 1.57. The van der Waals surface area contributed by atoms with E-state index < -0.39 is 5.82 Å². The number of para-hydroxylation sites is 2. The molecule has 0 bridgehead atoms. The zero-order chi connectivity index (χ0) is 23.7. The molecule has 0 amide bonds. The minimum atomic E-state index is -0.400. The Hall–Kier alpha value is -3.85. The number of benzene rings is 3. The van der Waals surface area contributed by atoms with E-state index in [0.717, 1.165) is 5.56 Å². The van der Waals surface area contributed by atoms with Crippen LogP contribution in [-0.2, 0) is 0 Å². The van der Waals surface area contributed by atoms with Crippen molar-refractivity contribution in [3.63, 3.8) is 0 Å². The van der Waals surface area contributed by atoms with Crippen LogP contribution in [0.4, 0.5) is 4.39 Å². The number of hydrogen-bond acceptors (Lipinski definition) is 6. The smallest absolute Gasteiger partial charge is 0.267 e. The second kappa shape index (κ2) is 9.18. The molecule has 0 atom stereocenters. The third kappa shape index (κ3) is 3.88. The fraction of sp³-hybridized carbons (Fsp3) is 0.160. The quantitative estimate of drug-likeness (QED) is 0.251. The van der Waals surface area contributed by atoms with Crippen LogP contribution in [0.1, 0.15) is 5.56 Å². The number of aryl methyl sites for hydroxylation is 1. The molecule has 0 fully saturated rings. The molecule has 0 radical (unpaired) electrons. The van der Waals surface area contributed by atoms with Crippen LogP contribution in [0.2, 0.25) is 0 Å². The van der Waals surface area contributed by atoms with Crippen LogP contribution in [0.15, 0.2) is 76.7 Å². The Balaban J connectivity index is 1.58. The van der Waals surface area contributed by atoms with Gasteiger partial charge in [0, 0.05) is 5.75 Å². The molecule has 34 heavy (non-hydrogen) atoms. The van der Waals surface area contributed by atoms with Gasteiger partial charge in [0.05, 0.1) is 30.3 Å². The Labute approximate surface area is 198 Å². The van der Waals surface area contributed by atoms with Gasteiger partial charge in [0.2, 0.25) is 5.78 Å². The van der Waals surface area contributed by atoms with Crippen LogP contribution in [0.25, 0.3) is 22.4 Å². The third-order valence-electron chi connectivity index (χ3n) is 5.38. The summed E-state index contributed by atoms with van der Waals surface area (Å²) in [5.41, 5.74) is 2.07. The molecule has 0 spiro atoms. The predicted molar refractivity (Wildman–Crippen MR) is 130 cm³/mol. The Morgan fingerprint density at radius 3 is 2.62 bits per heavy atom. The lowest BCUT2D eigenvalue weighted by atomic mass is 10.2. The zero-order valence-corrected chi connectivity index (χ0v) is 19.4. The minimum Gasteiger partial charge on any atom is -0.495 e. The molecule has 172 valence electrons. The largest absolute Gasteiger partial charge is 0.495 e. The van der Waals surface area contributed by atoms with Crippen LogP contribution < -0.4 is 15.0 Å². The number of rotatable bonds is 7. The topological polar surface area (TPSA) is 70.7 Å². The summed E-state index contributed by atoms with van der Waals surface area (Å²) >= 11 is 1.41. The van der Waals surface area contributed by atoms with Crippen molar-refractivity contribution in [1.29, 1.82) is 0 Å². The van der Waals surface area contributed by atoms with Gasteiger partial charge in [0.15, 0.2) is 16.7 Å². The molecule has 2 heterocycles. The number of methoxy groups -OCH3 is 1. The third-order valence-corrected chi connectivity index (χ3v) is 6.27. The lowest BCUT2D eigenvalue weighted by Gasteiger charge is -2.14. The number of aromatic nitrogens is 4. The van der Waals surface area contributed by atoms with E-state index in [4.69, 9.17) is 9.47 Å². The molecule has 0 aliphatic carbocycles. The Morgan fingerprint density at radius 1 is 1.00 bits per heavy atom. The summed E-state index contributed by atoms with van der Waals surface area (Å²) < 4.78 is 28.3. The van der Waals surface area contributed by atoms with Crippen molar-refractivity contribution in [2.24, 2.45) is 0 Å². The number of ether oxygens (including phenoxy) is 2. The number of thioether (sulfide) groups is 1. The number of nitrogens with zero attached hydrogens (tertiary/aromatic N) is 4. The summed E-state index contributed by atoms with van der Waals surface area (Å²) in [6, 6.07) is 19.3. The van der Waals surface area contributed by atoms with Crippen molar-refractivity contribution in [3.8, 4) is 17.2 Å². The highest BCUT2D eigenvalue weighted by atomic mass is 32.2. The van der Waals surface area contributed by atoms with Crippen molar-refractivity contribution >= 4 is 28.4 Å². The summed E-state index contributed by atoms with van der Waals surface area (Å²) in [6.45, 7) is 2.23. The number of hydrogen-bond donors (Lipinski definition) is 0. The number of halogens is 1. The Morgan fingerprint density at radius 2 is 1.79 bits per heavy atom. The molecule has 0 N–H and O–H groups in total. The molecule has 0 aliphatic rings. The molecule has 9 heteroatoms. The molecule has 0 aliphatic heterocycles. The van der Waals surface area contributed by atoms with E-state index in [-0.39, 0.29) is 17.9 Å². The van der Waals surface area contributed by atoms with Crippen molar-refractivity contribution in [2.45, 2.75) is 12.1 Å². The Bertz CT molecular complexity index is 1560. The van der Waals surface area contributed by atoms with Crippen molar-refractivity contribution in [3.05, 3.63) is 88.5 Å². The van der Waals surface area contributed by atoms with Gasteiger partial charge in [-0.2, -0.15) is 0 Å². The van der Waals surface area contributed by atoms with Gasteiger partial charge in [-0.15, -0.1) is 10.2 Å². The molecule has 5 aromatic rings. The van der Waals surface area contributed by atoms with Crippen LogP contribution in [0.5, 0.6) is 11.5 Å². The maximum atomic E-state index is 13.8. The van der Waals surface area contributed by atoms with Gasteiger partial charge in [-0.1, -0.05) is 42.1 Å². The van der Waals surface area contributed by atoms with Gasteiger partial charge < -0.3 is 9.47 Å². The lowest BCUT2D eigenvalue weighted by molar-refractivity contribution is 0.325. The van der Waals surface area contributed by atoms with Crippen molar-refractivity contribution < 1.29 is 13.9 Å². The predicted octanol–water partition coefficient (Wildman–Crippen LogP) is 4.66. The SMILES string of the molecule is COc1ccc(C)cc1-n1c(=O)c2ccccc2n2c(SCCOc3ccccc3F)nnc12. The van der Waals surface area contributed by atoms with Crippen LogP contribution in [-0.4, -0.2) is 38.6 Å². The first-order chi connectivity index (χ1) is 16.6. The van der Waals surface area contributed by atoms with Crippen LogP contribution in [0.3, 0.4) is 0 Å². The van der Waals surface area contributed by atoms with E-state index in [1.165, 1.54) is 22.4 Å². The van der Waals surface area contributed by atoms with Gasteiger partial charge in [0.1, 0.15) is 5.75 Å². The molecular weight excluding hydrogens is 455 g/mol. The summed E-state index contributed by atoms with van der Waals surface area (Å²) in [5.74, 6) is 1.25. The van der Waals surface area contributed by atoms with E-state index in [2.05, 4.69) is 10.2 Å². The second-order valence-corrected chi connectivity index (χ2v) is 8.64. The second-order valence-electron chi connectivity index (χ2n) is 7.58. The number of fused-ring (bicyclic) bond motifs is 3. The average molecular weight is 477 g/mol. The van der Waals surface area contributed by atoms with Crippen molar-refractivity contribution in [2.75, 3.05) is 19.5 Å². The summed E-state index contributed by atoms with van der Waals surface area (Å²) in [6.07, 6.45) is 0. The van der Waals surface area contributed by atoms with Crippen LogP contribution >= 0.6 is 11.8 Å². The van der Waals surface area contributed by atoms with Gasteiger partial charge in [-0.3, -0.25) is 9.20 Å². The molecule has 3 aromatic carbocycles. The molecule has 5 rings (SSSR count). The van der Waals surface area contributed by atoms with E-state index in [0.29, 0.717) is 39.0 Å². The highest BCUT2D eigenvalue weighted by Gasteiger charge is 2.20. The fourth-order valence-electron chi connectivity index (χ4n) is 3.81. The van der Waals surface area contributed by atoms with Gasteiger partial charge in [0.25, 0.3) is 5.56 Å². The lowest BCUT2D eigenvalue weighted by Crippen LogP contribution is -2.22. The summed E-state index contributed by atoms with van der Waals surface area (Å²) in [4.78, 5) is 13.5. The van der Waals surface area contributed by atoms with Gasteiger partial charge in [-0.05, 0) is 48.9 Å². The maximum absolute atomic E-state index is 13.8. The molecule has 0 saturated carbocycles. The highest BCUT2D eigenvalue weighted by molar-refractivity contribution is 7.99.